The lowest BCUT2D eigenvalue weighted by molar-refractivity contribution is 0.0772. The van der Waals surface area contributed by atoms with Gasteiger partial charge in [0.2, 0.25) is 0 Å². The summed E-state index contributed by atoms with van der Waals surface area (Å²) in [4.78, 5) is 10.0. The van der Waals surface area contributed by atoms with Gasteiger partial charge < -0.3 is 4.74 Å². The van der Waals surface area contributed by atoms with Gasteiger partial charge >= 0.3 is 6.47 Å². The van der Waals surface area contributed by atoms with Crippen LogP contribution >= 0.6 is 0 Å². The Labute approximate surface area is 81.7 Å². The first kappa shape index (κ1) is 12.5. The van der Waals surface area contributed by atoms with Crippen molar-refractivity contribution in [3.63, 3.8) is 0 Å². The van der Waals surface area contributed by atoms with Crippen LogP contribution in [0.5, 0.6) is 0 Å². The third-order valence-electron chi connectivity index (χ3n) is 2.20. The predicted molar refractivity (Wildman–Crippen MR) is 54.2 cm³/mol. The van der Waals surface area contributed by atoms with Crippen molar-refractivity contribution in [1.29, 1.82) is 0 Å². The summed E-state index contributed by atoms with van der Waals surface area (Å²) in [6, 6.07) is 0. The van der Waals surface area contributed by atoms with E-state index in [0.29, 0.717) is 0 Å². The largest absolute Gasteiger partial charge is 0.451 e. The first-order chi connectivity index (χ1) is 6.12. The molecule has 13 heavy (non-hydrogen) atoms. The molecule has 0 aliphatic heterocycles. The van der Waals surface area contributed by atoms with Crippen LogP contribution in [0.4, 0.5) is 0 Å². The molecule has 0 N–H and O–H groups in total. The average molecular weight is 185 g/mol. The quantitative estimate of drug-likeness (QED) is 0.543. The Morgan fingerprint density at radius 1 is 1.15 bits per heavy atom. The Balaban J connectivity index is 3.34. The van der Waals surface area contributed by atoms with Gasteiger partial charge in [0, 0.05) is 0 Å². The molecule has 0 aromatic carbocycles. The molecule has 2 heteroatoms. The molecule has 0 atom stereocenters. The van der Waals surface area contributed by atoms with E-state index >= 15 is 0 Å². The molecule has 0 bridgehead atoms. The molecule has 0 saturated heterocycles. The van der Waals surface area contributed by atoms with E-state index in [1.807, 2.05) is 13.8 Å². The van der Waals surface area contributed by atoms with E-state index in [2.05, 4.69) is 6.92 Å². The summed E-state index contributed by atoms with van der Waals surface area (Å²) in [7, 11) is 0. The Hall–Kier alpha value is -0.530. The van der Waals surface area contributed by atoms with E-state index in [-0.39, 0.29) is 5.60 Å². The second-order valence-corrected chi connectivity index (χ2v) is 4.11. The molecule has 0 heterocycles. The molecular formula is C11H21O2. The maximum absolute atomic E-state index is 10.0. The van der Waals surface area contributed by atoms with Crippen LogP contribution in [0, 0.1) is 0 Å². The highest BCUT2D eigenvalue weighted by Gasteiger charge is 2.17. The summed E-state index contributed by atoms with van der Waals surface area (Å²) < 4.78 is 4.83. The van der Waals surface area contributed by atoms with E-state index < -0.39 is 0 Å². The Morgan fingerprint density at radius 2 is 1.77 bits per heavy atom. The lowest BCUT2D eigenvalue weighted by Gasteiger charge is -2.21. The third kappa shape index (κ3) is 7.82. The standard InChI is InChI=1S/C11H21O2/c1-4-5-6-7-8-9-11(2,3)13-10-12/h4-9H2,1-3H3. The summed E-state index contributed by atoms with van der Waals surface area (Å²) in [5.74, 6) is 0. The number of carbonyl (C=O) groups excluding carboxylic acids is 1. The zero-order valence-corrected chi connectivity index (χ0v) is 9.06. The van der Waals surface area contributed by atoms with Gasteiger partial charge in [-0.1, -0.05) is 32.6 Å². The minimum Gasteiger partial charge on any atom is -0.451 e. The Kier molecular flexibility index (Phi) is 6.65. The van der Waals surface area contributed by atoms with E-state index in [1.54, 1.807) is 0 Å². The van der Waals surface area contributed by atoms with Crippen LogP contribution in [-0.2, 0) is 9.53 Å². The van der Waals surface area contributed by atoms with Crippen molar-refractivity contribution in [2.45, 2.75) is 64.9 Å². The molecule has 0 aromatic rings. The summed E-state index contributed by atoms with van der Waals surface area (Å²) in [5.41, 5.74) is -0.325. The number of unbranched alkanes of at least 4 members (excludes halogenated alkanes) is 4. The average Bonchev–Trinajstić information content (AvgIpc) is 2.04. The second-order valence-electron chi connectivity index (χ2n) is 4.11. The Bertz CT molecular complexity index is 130. The maximum atomic E-state index is 10.0. The SMILES string of the molecule is CCCCCCCC(C)(C)O[C]=O. The van der Waals surface area contributed by atoms with Gasteiger partial charge in [-0.3, -0.25) is 0 Å². The summed E-state index contributed by atoms with van der Waals surface area (Å²) in [6.45, 7) is 7.57. The summed E-state index contributed by atoms with van der Waals surface area (Å²) >= 11 is 0. The normalized spacial score (nSPS) is 11.3. The monoisotopic (exact) mass is 185 g/mol. The van der Waals surface area contributed by atoms with Crippen LogP contribution < -0.4 is 0 Å². The van der Waals surface area contributed by atoms with Gasteiger partial charge in [0.1, 0.15) is 5.60 Å². The van der Waals surface area contributed by atoms with Gasteiger partial charge in [0.25, 0.3) is 0 Å². The van der Waals surface area contributed by atoms with E-state index in [1.165, 1.54) is 32.2 Å². The fraction of sp³-hybridized carbons (Fsp3) is 0.909. The lowest BCUT2D eigenvalue weighted by atomic mass is 10.00. The highest BCUT2D eigenvalue weighted by molar-refractivity contribution is 5.39. The van der Waals surface area contributed by atoms with Crippen molar-refractivity contribution in [3.05, 3.63) is 0 Å². The zero-order valence-electron chi connectivity index (χ0n) is 9.06. The predicted octanol–water partition coefficient (Wildman–Crippen LogP) is 3.21. The van der Waals surface area contributed by atoms with E-state index in [4.69, 9.17) is 4.74 Å². The summed E-state index contributed by atoms with van der Waals surface area (Å²) in [5, 5.41) is 0. The molecule has 0 amide bonds. The van der Waals surface area contributed by atoms with Crippen LogP contribution in [0.25, 0.3) is 0 Å². The topological polar surface area (TPSA) is 26.3 Å². The van der Waals surface area contributed by atoms with Gasteiger partial charge in [-0.25, -0.2) is 4.79 Å². The Morgan fingerprint density at radius 3 is 2.31 bits per heavy atom. The van der Waals surface area contributed by atoms with Crippen molar-refractivity contribution in [1.82, 2.24) is 0 Å². The minimum absolute atomic E-state index is 0.325. The second kappa shape index (κ2) is 6.93. The number of hydrogen-bond donors (Lipinski definition) is 0. The van der Waals surface area contributed by atoms with Gasteiger partial charge in [0.05, 0.1) is 0 Å². The molecule has 0 aromatic heterocycles. The highest BCUT2D eigenvalue weighted by Crippen LogP contribution is 2.18. The first-order valence-corrected chi connectivity index (χ1v) is 5.17. The molecule has 0 unspecified atom stereocenters. The molecular weight excluding hydrogens is 164 g/mol. The van der Waals surface area contributed by atoms with Crippen LogP contribution in [0.3, 0.4) is 0 Å². The number of ether oxygens (including phenoxy) is 1. The molecule has 0 saturated carbocycles. The van der Waals surface area contributed by atoms with Crippen LogP contribution in [0.15, 0.2) is 0 Å². The fourth-order valence-corrected chi connectivity index (χ4v) is 1.32. The number of hydrogen-bond acceptors (Lipinski definition) is 2. The van der Waals surface area contributed by atoms with Crippen molar-refractivity contribution >= 4 is 6.47 Å². The van der Waals surface area contributed by atoms with Gasteiger partial charge in [-0.05, 0) is 26.7 Å². The molecule has 2 nitrogen and oxygen atoms in total. The molecule has 0 rings (SSSR count). The molecule has 0 fully saturated rings. The summed E-state index contributed by atoms with van der Waals surface area (Å²) in [6.07, 6.45) is 7.17. The molecule has 0 spiro atoms. The molecule has 1 radical (unpaired) electrons. The van der Waals surface area contributed by atoms with Crippen molar-refractivity contribution in [2.75, 3.05) is 0 Å². The third-order valence-corrected chi connectivity index (χ3v) is 2.20. The molecule has 0 aliphatic rings. The smallest absolute Gasteiger partial charge is 0.418 e. The highest BCUT2D eigenvalue weighted by atomic mass is 16.5. The fourth-order valence-electron chi connectivity index (χ4n) is 1.32. The van der Waals surface area contributed by atoms with Gasteiger partial charge in [-0.2, -0.15) is 0 Å². The first-order valence-electron chi connectivity index (χ1n) is 5.17. The van der Waals surface area contributed by atoms with Crippen molar-refractivity contribution in [3.8, 4) is 0 Å². The lowest BCUT2D eigenvalue weighted by Crippen LogP contribution is -2.23. The van der Waals surface area contributed by atoms with Crippen LogP contribution in [0.2, 0.25) is 0 Å². The zero-order chi connectivity index (χ0) is 10.2. The van der Waals surface area contributed by atoms with E-state index in [9.17, 15) is 4.79 Å². The maximum Gasteiger partial charge on any atom is 0.418 e. The minimum atomic E-state index is -0.325. The van der Waals surface area contributed by atoms with Gasteiger partial charge in [-0.15, -0.1) is 0 Å². The number of rotatable bonds is 8. The van der Waals surface area contributed by atoms with E-state index in [0.717, 1.165) is 12.8 Å². The van der Waals surface area contributed by atoms with Crippen LogP contribution in [-0.4, -0.2) is 12.1 Å². The molecule has 77 valence electrons. The molecule has 0 aliphatic carbocycles. The van der Waals surface area contributed by atoms with Crippen LogP contribution in [0.1, 0.15) is 59.3 Å². The van der Waals surface area contributed by atoms with Crippen molar-refractivity contribution < 1.29 is 9.53 Å². The van der Waals surface area contributed by atoms with Crippen molar-refractivity contribution in [2.24, 2.45) is 0 Å². The van der Waals surface area contributed by atoms with Gasteiger partial charge in [0.15, 0.2) is 0 Å².